The molecule has 0 aromatic heterocycles. The van der Waals surface area contributed by atoms with Gasteiger partial charge in [0.1, 0.15) is 10.1 Å². The van der Waals surface area contributed by atoms with Gasteiger partial charge in [0.2, 0.25) is 0 Å². The van der Waals surface area contributed by atoms with Crippen molar-refractivity contribution in [3.05, 3.63) is 59.0 Å². The van der Waals surface area contributed by atoms with E-state index in [4.69, 9.17) is 12.2 Å². The third kappa shape index (κ3) is 9.77. The lowest BCUT2D eigenvalue weighted by molar-refractivity contribution is -0.115. The Bertz CT molecular complexity index is 771. The van der Waals surface area contributed by atoms with Gasteiger partial charge in [0.15, 0.2) is 0 Å². The van der Waals surface area contributed by atoms with Crippen LogP contribution < -0.4 is 5.32 Å². The first-order valence-corrected chi connectivity index (χ1v) is 11.5. The van der Waals surface area contributed by atoms with Crippen molar-refractivity contribution in [2.45, 2.75) is 55.4 Å². The maximum atomic E-state index is 11.8. The first kappa shape index (κ1) is 29.1. The van der Waals surface area contributed by atoms with Crippen LogP contribution in [-0.2, 0) is 4.79 Å². The highest BCUT2D eigenvalue weighted by Gasteiger charge is 2.22. The van der Waals surface area contributed by atoms with Crippen molar-refractivity contribution in [3.63, 3.8) is 0 Å². The van der Waals surface area contributed by atoms with Crippen LogP contribution in [0.5, 0.6) is 5.75 Å². The third-order valence-electron chi connectivity index (χ3n) is 3.05. The molecule has 1 aliphatic heterocycles. The number of carbonyl (C=O) groups excluding carboxylic acids is 1. The highest BCUT2D eigenvalue weighted by atomic mass is 32.2. The predicted molar refractivity (Wildman–Crippen MR) is 135 cm³/mol. The Labute approximate surface area is 186 Å². The Morgan fingerprint density at radius 1 is 0.897 bits per heavy atom. The summed E-state index contributed by atoms with van der Waals surface area (Å²) in [5, 5.41) is 12.2. The fourth-order valence-electron chi connectivity index (χ4n) is 2.12. The fourth-order valence-corrected chi connectivity index (χ4v) is 3.16. The Morgan fingerprint density at radius 3 is 2.00 bits per heavy atom. The molecule has 5 heteroatoms. The molecule has 0 radical (unpaired) electrons. The number of hydrogen-bond donors (Lipinski definition) is 2. The van der Waals surface area contributed by atoms with Gasteiger partial charge in [-0.2, -0.15) is 0 Å². The van der Waals surface area contributed by atoms with Gasteiger partial charge in [-0.15, -0.1) is 0 Å². The predicted octanol–water partition coefficient (Wildman–Crippen LogP) is 7.65. The summed E-state index contributed by atoms with van der Waals surface area (Å²) in [7, 11) is 0. The van der Waals surface area contributed by atoms with Crippen LogP contribution in [0.15, 0.2) is 53.4 Å². The molecule has 160 valence electrons. The maximum absolute atomic E-state index is 11.8. The van der Waals surface area contributed by atoms with Crippen LogP contribution in [-0.4, -0.2) is 15.3 Å². The molecule has 1 heterocycles. The van der Waals surface area contributed by atoms with Crippen molar-refractivity contribution in [1.82, 2.24) is 5.32 Å². The molecule has 0 atom stereocenters. The van der Waals surface area contributed by atoms with Crippen molar-refractivity contribution in [3.8, 4) is 16.9 Å². The second kappa shape index (κ2) is 18.0. The Hall–Kier alpha value is -2.11. The Morgan fingerprint density at radius 2 is 1.48 bits per heavy atom. The molecule has 0 bridgehead atoms. The topological polar surface area (TPSA) is 49.3 Å². The van der Waals surface area contributed by atoms with Crippen molar-refractivity contribution < 1.29 is 9.90 Å². The quantitative estimate of drug-likeness (QED) is 0.377. The molecule has 0 aliphatic carbocycles. The number of phenolic OH excluding ortho intramolecular Hbond substituents is 1. The summed E-state index contributed by atoms with van der Waals surface area (Å²) < 4.78 is 0.473. The van der Waals surface area contributed by atoms with E-state index in [2.05, 4.69) is 5.32 Å². The van der Waals surface area contributed by atoms with Crippen LogP contribution in [0.4, 0.5) is 0 Å². The number of benzene rings is 2. The smallest absolute Gasteiger partial charge is 0.263 e. The monoisotopic (exact) mass is 433 g/mol. The number of aromatic hydroxyl groups is 1. The molecular formula is C24H35NO2S2. The molecule has 1 fully saturated rings. The van der Waals surface area contributed by atoms with Crippen LogP contribution in [0.25, 0.3) is 17.2 Å². The highest BCUT2D eigenvalue weighted by molar-refractivity contribution is 8.26. The lowest BCUT2D eigenvalue weighted by atomic mass is 9.99. The molecule has 0 saturated carbocycles. The number of thiocarbonyl (C=S) groups is 1. The number of carbonyl (C=O) groups is 1. The van der Waals surface area contributed by atoms with Gasteiger partial charge < -0.3 is 10.4 Å². The number of amides is 1. The second-order valence-corrected chi connectivity index (χ2v) is 6.21. The van der Waals surface area contributed by atoms with Crippen LogP contribution in [0.3, 0.4) is 0 Å². The van der Waals surface area contributed by atoms with Gasteiger partial charge in [-0.3, -0.25) is 4.79 Å². The van der Waals surface area contributed by atoms with Crippen LogP contribution in [0.1, 0.15) is 61.0 Å². The van der Waals surface area contributed by atoms with Crippen molar-refractivity contribution >= 4 is 40.3 Å². The van der Waals surface area contributed by atoms with E-state index < -0.39 is 0 Å². The van der Waals surface area contributed by atoms with Crippen LogP contribution in [0.2, 0.25) is 0 Å². The molecule has 0 unspecified atom stereocenters. The summed E-state index contributed by atoms with van der Waals surface area (Å²) in [4.78, 5) is 12.3. The van der Waals surface area contributed by atoms with E-state index in [0.29, 0.717) is 9.23 Å². The molecule has 0 spiro atoms. The molecule has 3 rings (SSSR count). The minimum Gasteiger partial charge on any atom is -0.508 e. The summed E-state index contributed by atoms with van der Waals surface area (Å²) in [6.07, 6.45) is 1.82. The SMILES string of the molecule is CC.CC.CC.CC.O=C1NC(=S)S/C1=C\c1ccccc1-c1cccc(O)c1. The van der Waals surface area contributed by atoms with Gasteiger partial charge in [-0.05, 0) is 34.9 Å². The third-order valence-corrected chi connectivity index (χ3v) is 4.21. The summed E-state index contributed by atoms with van der Waals surface area (Å²) in [5.41, 5.74) is 2.76. The van der Waals surface area contributed by atoms with E-state index in [1.165, 1.54) is 11.8 Å². The van der Waals surface area contributed by atoms with Gasteiger partial charge in [-0.1, -0.05) is 116 Å². The number of hydrogen-bond acceptors (Lipinski definition) is 4. The summed E-state index contributed by atoms with van der Waals surface area (Å²) >= 11 is 6.25. The molecule has 1 aliphatic rings. The van der Waals surface area contributed by atoms with Crippen molar-refractivity contribution in [2.75, 3.05) is 0 Å². The number of rotatable bonds is 2. The van der Waals surface area contributed by atoms with E-state index in [-0.39, 0.29) is 11.7 Å². The molecule has 2 aromatic rings. The first-order chi connectivity index (χ1) is 14.1. The zero-order valence-corrected chi connectivity index (χ0v) is 20.5. The van der Waals surface area contributed by atoms with E-state index in [0.717, 1.165) is 16.7 Å². The average molecular weight is 434 g/mol. The lowest BCUT2D eigenvalue weighted by Gasteiger charge is -2.07. The Balaban J connectivity index is 0. The van der Waals surface area contributed by atoms with Crippen LogP contribution >= 0.6 is 24.0 Å². The molecular weight excluding hydrogens is 398 g/mol. The summed E-state index contributed by atoms with van der Waals surface area (Å²) in [5.74, 6) is 0.0415. The maximum Gasteiger partial charge on any atom is 0.263 e. The molecule has 1 amide bonds. The molecule has 29 heavy (non-hydrogen) atoms. The zero-order valence-electron chi connectivity index (χ0n) is 18.9. The normalized spacial score (nSPS) is 12.6. The van der Waals surface area contributed by atoms with E-state index in [1.807, 2.05) is 91.8 Å². The van der Waals surface area contributed by atoms with Crippen LogP contribution in [0, 0.1) is 0 Å². The Kier molecular flexibility index (Phi) is 18.0. The minimum atomic E-state index is -0.171. The molecule has 1 saturated heterocycles. The second-order valence-electron chi connectivity index (χ2n) is 4.49. The van der Waals surface area contributed by atoms with E-state index >= 15 is 0 Å². The number of phenols is 1. The zero-order chi connectivity index (χ0) is 22.8. The van der Waals surface area contributed by atoms with Crippen molar-refractivity contribution in [1.29, 1.82) is 0 Å². The van der Waals surface area contributed by atoms with Gasteiger partial charge in [0.25, 0.3) is 5.91 Å². The average Bonchev–Trinajstić information content (AvgIpc) is 3.11. The molecule has 2 aromatic carbocycles. The fraction of sp³-hybridized carbons (Fsp3) is 0.333. The van der Waals surface area contributed by atoms with Crippen molar-refractivity contribution in [2.24, 2.45) is 0 Å². The number of nitrogens with one attached hydrogen (secondary N) is 1. The lowest BCUT2D eigenvalue weighted by Crippen LogP contribution is -2.17. The highest BCUT2D eigenvalue weighted by Crippen LogP contribution is 2.31. The standard InChI is InChI=1S/C16H11NO2S2.4C2H6/c18-12-6-3-5-10(8-12)13-7-2-1-4-11(13)9-14-15(19)17-16(20)21-14;4*1-2/h1-9,18H,(H,17,19,20);4*1-2H3/b14-9-;;;;. The van der Waals surface area contributed by atoms with Gasteiger partial charge in [0, 0.05) is 0 Å². The number of thioether (sulfide) groups is 1. The molecule has 3 nitrogen and oxygen atoms in total. The van der Waals surface area contributed by atoms with E-state index in [9.17, 15) is 9.90 Å². The largest absolute Gasteiger partial charge is 0.508 e. The first-order valence-electron chi connectivity index (χ1n) is 10.3. The van der Waals surface area contributed by atoms with Gasteiger partial charge in [-0.25, -0.2) is 0 Å². The van der Waals surface area contributed by atoms with Gasteiger partial charge in [0.05, 0.1) is 4.91 Å². The minimum absolute atomic E-state index is 0.171. The van der Waals surface area contributed by atoms with E-state index in [1.54, 1.807) is 18.2 Å². The van der Waals surface area contributed by atoms with Gasteiger partial charge >= 0.3 is 0 Å². The summed E-state index contributed by atoms with van der Waals surface area (Å²) in [6, 6.07) is 14.8. The summed E-state index contributed by atoms with van der Waals surface area (Å²) in [6.45, 7) is 16.0. The molecule has 2 N–H and O–H groups in total.